The first-order valence-corrected chi connectivity index (χ1v) is 7.17. The number of benzene rings is 1. The van der Waals surface area contributed by atoms with Gasteiger partial charge in [0.1, 0.15) is 5.82 Å². The summed E-state index contributed by atoms with van der Waals surface area (Å²) in [6.07, 6.45) is 0.641. The normalized spacial score (nSPS) is 12.7. The molecule has 1 aromatic rings. The van der Waals surface area contributed by atoms with Crippen molar-refractivity contribution in [3.63, 3.8) is 0 Å². The second-order valence-electron chi connectivity index (χ2n) is 4.98. The Labute approximate surface area is 107 Å². The van der Waals surface area contributed by atoms with Crippen molar-refractivity contribution in [1.82, 2.24) is 4.72 Å². The van der Waals surface area contributed by atoms with Crippen LogP contribution in [0.15, 0.2) is 17.0 Å². The number of nitrogens with one attached hydrogen (secondary N) is 1. The lowest BCUT2D eigenvalue weighted by molar-refractivity contribution is 0.439. The molecular weight excluding hydrogens is 255 g/mol. The molecule has 0 unspecified atom stereocenters. The van der Waals surface area contributed by atoms with Gasteiger partial charge in [-0.15, -0.1) is 0 Å². The Morgan fingerprint density at radius 3 is 2.44 bits per heavy atom. The SMILES string of the molecule is CCC(C)(C)NS(=O)(=O)c1cc(N)c(F)cc1C. The first kappa shape index (κ1) is 14.9. The summed E-state index contributed by atoms with van der Waals surface area (Å²) in [4.78, 5) is 0.0166. The number of halogens is 1. The van der Waals surface area contributed by atoms with E-state index >= 15 is 0 Å². The minimum Gasteiger partial charge on any atom is -0.396 e. The summed E-state index contributed by atoms with van der Waals surface area (Å²) in [6.45, 7) is 6.99. The largest absolute Gasteiger partial charge is 0.396 e. The molecule has 0 aliphatic carbocycles. The lowest BCUT2D eigenvalue weighted by atomic mass is 10.0. The average Bonchev–Trinajstić information content (AvgIpc) is 2.21. The molecule has 3 N–H and O–H groups in total. The molecule has 0 aromatic heterocycles. The van der Waals surface area contributed by atoms with Gasteiger partial charge in [0.25, 0.3) is 0 Å². The standard InChI is InChI=1S/C12H19FN2O2S/c1-5-12(3,4)15-18(16,17)11-7-10(14)9(13)6-8(11)2/h6-7,15H,5,14H2,1-4H3. The van der Waals surface area contributed by atoms with E-state index in [4.69, 9.17) is 5.73 Å². The van der Waals surface area contributed by atoms with Gasteiger partial charge in [0.05, 0.1) is 10.6 Å². The van der Waals surface area contributed by atoms with Gasteiger partial charge in [-0.3, -0.25) is 0 Å². The number of anilines is 1. The summed E-state index contributed by atoms with van der Waals surface area (Å²) in [6, 6.07) is 2.28. The van der Waals surface area contributed by atoms with E-state index in [9.17, 15) is 12.8 Å². The highest BCUT2D eigenvalue weighted by atomic mass is 32.2. The minimum atomic E-state index is -3.70. The molecule has 102 valence electrons. The Kier molecular flexibility index (Phi) is 4.02. The maximum atomic E-state index is 13.2. The van der Waals surface area contributed by atoms with E-state index in [1.807, 2.05) is 6.92 Å². The van der Waals surface area contributed by atoms with E-state index in [0.717, 1.165) is 12.1 Å². The molecule has 0 saturated heterocycles. The van der Waals surface area contributed by atoms with Crippen molar-refractivity contribution in [3.8, 4) is 0 Å². The van der Waals surface area contributed by atoms with Gasteiger partial charge in [-0.1, -0.05) is 6.92 Å². The Bertz CT molecular complexity index is 553. The highest BCUT2D eigenvalue weighted by Crippen LogP contribution is 2.23. The van der Waals surface area contributed by atoms with Crippen LogP contribution in [0.3, 0.4) is 0 Å². The fourth-order valence-corrected chi connectivity index (χ4v) is 3.20. The van der Waals surface area contributed by atoms with Crippen LogP contribution >= 0.6 is 0 Å². The highest BCUT2D eigenvalue weighted by molar-refractivity contribution is 7.89. The number of hydrogen-bond acceptors (Lipinski definition) is 3. The molecule has 0 atom stereocenters. The molecule has 0 heterocycles. The Morgan fingerprint density at radius 2 is 1.94 bits per heavy atom. The van der Waals surface area contributed by atoms with Crippen molar-refractivity contribution >= 4 is 15.7 Å². The van der Waals surface area contributed by atoms with Crippen molar-refractivity contribution < 1.29 is 12.8 Å². The molecule has 6 heteroatoms. The molecule has 0 bridgehead atoms. The lowest BCUT2D eigenvalue weighted by Gasteiger charge is -2.24. The summed E-state index contributed by atoms with van der Waals surface area (Å²) in [5.41, 5.74) is 5.02. The molecule has 0 saturated carbocycles. The highest BCUT2D eigenvalue weighted by Gasteiger charge is 2.26. The second kappa shape index (κ2) is 4.85. The molecular formula is C12H19FN2O2S. The van der Waals surface area contributed by atoms with Gasteiger partial charge in [-0.25, -0.2) is 17.5 Å². The first-order chi connectivity index (χ1) is 8.09. The third kappa shape index (κ3) is 3.20. The number of nitrogen functional groups attached to an aromatic ring is 1. The third-order valence-corrected chi connectivity index (χ3v) is 4.72. The van der Waals surface area contributed by atoms with E-state index < -0.39 is 21.4 Å². The van der Waals surface area contributed by atoms with Gasteiger partial charge in [0.15, 0.2) is 0 Å². The average molecular weight is 274 g/mol. The molecule has 0 aliphatic rings. The monoisotopic (exact) mass is 274 g/mol. The van der Waals surface area contributed by atoms with Crippen LogP contribution in [-0.2, 0) is 10.0 Å². The Balaban J connectivity index is 3.26. The van der Waals surface area contributed by atoms with Gasteiger partial charge in [-0.05, 0) is 44.9 Å². The van der Waals surface area contributed by atoms with Crippen molar-refractivity contribution in [2.75, 3.05) is 5.73 Å². The van der Waals surface area contributed by atoms with E-state index in [2.05, 4.69) is 4.72 Å². The molecule has 18 heavy (non-hydrogen) atoms. The van der Waals surface area contributed by atoms with Crippen molar-refractivity contribution in [2.24, 2.45) is 0 Å². The molecule has 0 spiro atoms. The summed E-state index contributed by atoms with van der Waals surface area (Å²) < 4.78 is 40.2. The van der Waals surface area contributed by atoms with Crippen molar-refractivity contribution in [1.29, 1.82) is 0 Å². The summed E-state index contributed by atoms with van der Waals surface area (Å²) in [5.74, 6) is -0.610. The summed E-state index contributed by atoms with van der Waals surface area (Å²) in [5, 5.41) is 0. The molecule has 1 aromatic carbocycles. The van der Waals surface area contributed by atoms with Crippen LogP contribution < -0.4 is 10.5 Å². The molecule has 0 aliphatic heterocycles. The van der Waals surface area contributed by atoms with E-state index in [1.165, 1.54) is 6.92 Å². The molecule has 1 rings (SSSR count). The number of sulfonamides is 1. The van der Waals surface area contributed by atoms with Crippen LogP contribution in [0.25, 0.3) is 0 Å². The Morgan fingerprint density at radius 1 is 1.39 bits per heavy atom. The van der Waals surface area contributed by atoms with Crippen LogP contribution in [-0.4, -0.2) is 14.0 Å². The predicted molar refractivity (Wildman–Crippen MR) is 70.2 cm³/mol. The minimum absolute atomic E-state index is 0.0166. The Hall–Kier alpha value is -1.14. The van der Waals surface area contributed by atoms with Gasteiger partial charge in [0, 0.05) is 5.54 Å². The fraction of sp³-hybridized carbons (Fsp3) is 0.500. The van der Waals surface area contributed by atoms with Gasteiger partial charge < -0.3 is 5.73 Å². The number of nitrogens with two attached hydrogens (primary N) is 1. The molecule has 4 nitrogen and oxygen atoms in total. The quantitative estimate of drug-likeness (QED) is 0.827. The van der Waals surface area contributed by atoms with Crippen LogP contribution in [0.5, 0.6) is 0 Å². The van der Waals surface area contributed by atoms with E-state index in [0.29, 0.717) is 12.0 Å². The van der Waals surface area contributed by atoms with Crippen LogP contribution in [0, 0.1) is 12.7 Å². The number of rotatable bonds is 4. The molecule has 0 fully saturated rings. The summed E-state index contributed by atoms with van der Waals surface area (Å²) >= 11 is 0. The molecule has 0 amide bonds. The second-order valence-corrected chi connectivity index (χ2v) is 6.63. The van der Waals surface area contributed by atoms with Crippen molar-refractivity contribution in [2.45, 2.75) is 44.6 Å². The topological polar surface area (TPSA) is 72.2 Å². The van der Waals surface area contributed by atoms with Crippen LogP contribution in [0.4, 0.5) is 10.1 Å². The zero-order chi connectivity index (χ0) is 14.1. The summed E-state index contributed by atoms with van der Waals surface area (Å²) in [7, 11) is -3.70. The van der Waals surface area contributed by atoms with E-state index in [1.54, 1.807) is 13.8 Å². The van der Waals surface area contributed by atoms with Crippen molar-refractivity contribution in [3.05, 3.63) is 23.5 Å². The fourth-order valence-electron chi connectivity index (χ4n) is 1.45. The zero-order valence-electron chi connectivity index (χ0n) is 11.0. The number of hydrogen-bond donors (Lipinski definition) is 2. The van der Waals surface area contributed by atoms with Gasteiger partial charge in [0.2, 0.25) is 10.0 Å². The lowest BCUT2D eigenvalue weighted by Crippen LogP contribution is -2.42. The van der Waals surface area contributed by atoms with Crippen LogP contribution in [0.2, 0.25) is 0 Å². The maximum Gasteiger partial charge on any atom is 0.241 e. The van der Waals surface area contributed by atoms with Gasteiger partial charge >= 0.3 is 0 Å². The number of aryl methyl sites for hydroxylation is 1. The smallest absolute Gasteiger partial charge is 0.241 e. The van der Waals surface area contributed by atoms with Crippen LogP contribution in [0.1, 0.15) is 32.8 Å². The third-order valence-electron chi connectivity index (χ3n) is 2.88. The maximum absolute atomic E-state index is 13.2. The first-order valence-electron chi connectivity index (χ1n) is 5.68. The molecule has 0 radical (unpaired) electrons. The van der Waals surface area contributed by atoms with Gasteiger partial charge in [-0.2, -0.15) is 0 Å². The predicted octanol–water partition coefficient (Wildman–Crippen LogP) is 2.18. The van der Waals surface area contributed by atoms with E-state index in [-0.39, 0.29) is 10.6 Å². The zero-order valence-corrected chi connectivity index (χ0v) is 11.9.